The first-order valence-corrected chi connectivity index (χ1v) is 7.28. The lowest BCUT2D eigenvalue weighted by atomic mass is 10.2. The Hall–Kier alpha value is -1.52. The first kappa shape index (κ1) is 14.9. The highest BCUT2D eigenvalue weighted by molar-refractivity contribution is 7.98. The summed E-state index contributed by atoms with van der Waals surface area (Å²) in [7, 11) is 0. The number of carbonyl (C=O) groups is 1. The lowest BCUT2D eigenvalue weighted by molar-refractivity contribution is -0.136. The van der Waals surface area contributed by atoms with E-state index in [1.54, 1.807) is 18.2 Å². The van der Waals surface area contributed by atoms with E-state index in [0.717, 1.165) is 16.0 Å². The van der Waals surface area contributed by atoms with Crippen molar-refractivity contribution in [3.8, 4) is 0 Å². The molecular weight excluding hydrogens is 299 g/mol. The van der Waals surface area contributed by atoms with Crippen molar-refractivity contribution in [2.45, 2.75) is 17.1 Å². The fourth-order valence-corrected chi connectivity index (χ4v) is 2.85. The monoisotopic (exact) mass is 310 g/mol. The molecule has 2 aromatic carbocycles. The number of carboxylic acids is 1. The van der Waals surface area contributed by atoms with Gasteiger partial charge in [-0.05, 0) is 41.5 Å². The van der Waals surface area contributed by atoms with Gasteiger partial charge in [0.1, 0.15) is 5.82 Å². The molecule has 2 aromatic rings. The van der Waals surface area contributed by atoms with E-state index >= 15 is 0 Å². The first-order valence-electron chi connectivity index (χ1n) is 5.92. The van der Waals surface area contributed by atoms with Crippen LogP contribution >= 0.6 is 23.4 Å². The zero-order valence-corrected chi connectivity index (χ0v) is 12.0. The molecule has 0 unspecified atom stereocenters. The van der Waals surface area contributed by atoms with E-state index in [4.69, 9.17) is 16.7 Å². The highest BCUT2D eigenvalue weighted by atomic mass is 35.5. The second kappa shape index (κ2) is 6.77. The zero-order valence-electron chi connectivity index (χ0n) is 10.5. The molecule has 0 aromatic heterocycles. The van der Waals surface area contributed by atoms with Gasteiger partial charge in [0.15, 0.2) is 0 Å². The smallest absolute Gasteiger partial charge is 0.307 e. The molecule has 0 aliphatic carbocycles. The number of hydrogen-bond donors (Lipinski definition) is 1. The van der Waals surface area contributed by atoms with Crippen molar-refractivity contribution >= 4 is 29.3 Å². The van der Waals surface area contributed by atoms with Crippen LogP contribution in [0.15, 0.2) is 47.4 Å². The number of benzene rings is 2. The quantitative estimate of drug-likeness (QED) is 0.832. The Labute approximate surface area is 125 Å². The van der Waals surface area contributed by atoms with Gasteiger partial charge in [0.25, 0.3) is 0 Å². The molecule has 5 heteroatoms. The van der Waals surface area contributed by atoms with E-state index in [1.165, 1.54) is 23.9 Å². The third kappa shape index (κ3) is 4.25. The van der Waals surface area contributed by atoms with Crippen LogP contribution in [0.2, 0.25) is 5.02 Å². The number of rotatable bonds is 5. The Morgan fingerprint density at radius 2 is 1.90 bits per heavy atom. The van der Waals surface area contributed by atoms with Crippen LogP contribution in [0.1, 0.15) is 11.1 Å². The summed E-state index contributed by atoms with van der Waals surface area (Å²) >= 11 is 7.53. The van der Waals surface area contributed by atoms with Gasteiger partial charge in [-0.1, -0.05) is 23.7 Å². The largest absolute Gasteiger partial charge is 0.481 e. The van der Waals surface area contributed by atoms with Gasteiger partial charge in [-0.25, -0.2) is 4.39 Å². The van der Waals surface area contributed by atoms with Crippen LogP contribution in [0.4, 0.5) is 4.39 Å². The third-order valence-corrected chi connectivity index (χ3v) is 4.11. The normalized spacial score (nSPS) is 10.5. The van der Waals surface area contributed by atoms with Gasteiger partial charge in [0, 0.05) is 15.7 Å². The minimum atomic E-state index is -0.850. The van der Waals surface area contributed by atoms with Gasteiger partial charge in [0.2, 0.25) is 0 Å². The summed E-state index contributed by atoms with van der Waals surface area (Å²) in [6.07, 6.45) is 0.0146. The van der Waals surface area contributed by atoms with E-state index in [0.29, 0.717) is 10.8 Å². The van der Waals surface area contributed by atoms with Crippen LogP contribution in [0.5, 0.6) is 0 Å². The predicted octanol–water partition coefficient (Wildman–Crippen LogP) is 4.40. The minimum absolute atomic E-state index is 0.0146. The predicted molar refractivity (Wildman–Crippen MR) is 78.8 cm³/mol. The summed E-state index contributed by atoms with van der Waals surface area (Å²) in [5.41, 5.74) is 1.50. The van der Waals surface area contributed by atoms with Gasteiger partial charge in [-0.15, -0.1) is 11.8 Å². The number of carboxylic acid groups (broad SMARTS) is 1. The van der Waals surface area contributed by atoms with Crippen LogP contribution in [-0.4, -0.2) is 11.1 Å². The van der Waals surface area contributed by atoms with Gasteiger partial charge < -0.3 is 5.11 Å². The molecule has 0 saturated heterocycles. The molecule has 104 valence electrons. The molecule has 0 spiro atoms. The minimum Gasteiger partial charge on any atom is -0.481 e. The lowest BCUT2D eigenvalue weighted by Gasteiger charge is -2.05. The lowest BCUT2D eigenvalue weighted by Crippen LogP contribution is -1.99. The molecule has 1 N–H and O–H groups in total. The summed E-state index contributed by atoms with van der Waals surface area (Å²) in [5.74, 6) is -0.590. The van der Waals surface area contributed by atoms with Gasteiger partial charge >= 0.3 is 5.97 Å². The van der Waals surface area contributed by atoms with E-state index in [9.17, 15) is 9.18 Å². The molecule has 0 saturated carbocycles. The SMILES string of the molecule is O=C(O)Cc1ccc(SCc2cc(F)ccc2Cl)cc1. The van der Waals surface area contributed by atoms with Crippen molar-refractivity contribution in [2.24, 2.45) is 0 Å². The van der Waals surface area contributed by atoms with Crippen LogP contribution in [0, 0.1) is 5.82 Å². The third-order valence-electron chi connectivity index (χ3n) is 2.68. The van der Waals surface area contributed by atoms with Crippen LogP contribution in [0.25, 0.3) is 0 Å². The van der Waals surface area contributed by atoms with E-state index < -0.39 is 5.97 Å². The fraction of sp³-hybridized carbons (Fsp3) is 0.133. The summed E-state index contributed by atoms with van der Waals surface area (Å²) in [4.78, 5) is 11.6. The maximum absolute atomic E-state index is 13.1. The maximum atomic E-state index is 13.1. The van der Waals surface area contributed by atoms with Crippen molar-refractivity contribution in [3.63, 3.8) is 0 Å². The molecule has 0 radical (unpaired) electrons. The number of halogens is 2. The number of thioether (sulfide) groups is 1. The average molecular weight is 311 g/mol. The summed E-state index contributed by atoms with van der Waals surface area (Å²) in [6.45, 7) is 0. The Morgan fingerprint density at radius 3 is 2.55 bits per heavy atom. The Balaban J connectivity index is 2.00. The topological polar surface area (TPSA) is 37.3 Å². The zero-order chi connectivity index (χ0) is 14.5. The number of aliphatic carboxylic acids is 1. The average Bonchev–Trinajstić information content (AvgIpc) is 2.41. The molecule has 0 aliphatic heterocycles. The Morgan fingerprint density at radius 1 is 1.20 bits per heavy atom. The molecule has 0 aliphatic rings. The second-order valence-corrected chi connectivity index (χ2v) is 5.69. The van der Waals surface area contributed by atoms with Crippen LogP contribution in [0.3, 0.4) is 0 Å². The second-order valence-electron chi connectivity index (χ2n) is 4.24. The molecule has 0 bridgehead atoms. The highest BCUT2D eigenvalue weighted by Crippen LogP contribution is 2.27. The van der Waals surface area contributed by atoms with Crippen molar-refractivity contribution in [3.05, 3.63) is 64.4 Å². The molecule has 0 atom stereocenters. The van der Waals surface area contributed by atoms with Gasteiger partial charge in [-0.3, -0.25) is 4.79 Å². The van der Waals surface area contributed by atoms with E-state index in [1.807, 2.05) is 12.1 Å². The van der Waals surface area contributed by atoms with Crippen molar-refractivity contribution in [2.75, 3.05) is 0 Å². The van der Waals surface area contributed by atoms with Gasteiger partial charge in [-0.2, -0.15) is 0 Å². The molecule has 0 heterocycles. The van der Waals surface area contributed by atoms with Crippen molar-refractivity contribution in [1.82, 2.24) is 0 Å². The van der Waals surface area contributed by atoms with Crippen LogP contribution < -0.4 is 0 Å². The Bertz CT molecular complexity index is 614. The highest BCUT2D eigenvalue weighted by Gasteiger charge is 2.04. The molecule has 0 fully saturated rings. The number of hydrogen-bond acceptors (Lipinski definition) is 2. The van der Waals surface area contributed by atoms with Crippen LogP contribution in [-0.2, 0) is 17.0 Å². The first-order chi connectivity index (χ1) is 9.54. The van der Waals surface area contributed by atoms with E-state index in [-0.39, 0.29) is 12.2 Å². The fourth-order valence-electron chi connectivity index (χ4n) is 1.69. The maximum Gasteiger partial charge on any atom is 0.307 e. The molecule has 20 heavy (non-hydrogen) atoms. The Kier molecular flexibility index (Phi) is 5.04. The molecule has 0 amide bonds. The summed E-state index contributed by atoms with van der Waals surface area (Å²) < 4.78 is 13.1. The molecular formula is C15H12ClFO2S. The summed E-state index contributed by atoms with van der Waals surface area (Å²) in [5, 5.41) is 9.23. The van der Waals surface area contributed by atoms with E-state index in [2.05, 4.69) is 0 Å². The van der Waals surface area contributed by atoms with Crippen molar-refractivity contribution < 1.29 is 14.3 Å². The summed E-state index contributed by atoms with van der Waals surface area (Å²) in [6, 6.07) is 11.6. The molecule has 2 rings (SSSR count). The standard InChI is InChI=1S/C15H12ClFO2S/c16-14-6-3-12(17)8-11(14)9-20-13-4-1-10(2-5-13)7-15(18)19/h1-6,8H,7,9H2,(H,18,19). The van der Waals surface area contributed by atoms with Gasteiger partial charge in [0.05, 0.1) is 6.42 Å². The molecule has 2 nitrogen and oxygen atoms in total. The van der Waals surface area contributed by atoms with Crippen molar-refractivity contribution in [1.29, 1.82) is 0 Å².